The molecule has 1 aliphatic heterocycles. The number of carbonyl (C=O) groups is 3. The van der Waals surface area contributed by atoms with Gasteiger partial charge >= 0.3 is 5.97 Å². The lowest BCUT2D eigenvalue weighted by molar-refractivity contribution is -0.132. The zero-order valence-electron chi connectivity index (χ0n) is 16.1. The molecular formula is C21H17Cl2NO5S. The number of nitrogens with zero attached hydrogens (tertiary/aromatic N) is 1. The fraction of sp³-hybridized carbons (Fsp3) is 0.190. The number of thioether (sulfide) groups is 1. The molecule has 0 N–H and O–H groups in total. The van der Waals surface area contributed by atoms with Crippen LogP contribution in [0.2, 0.25) is 10.0 Å². The van der Waals surface area contributed by atoms with Crippen molar-refractivity contribution in [3.8, 4) is 11.5 Å². The fourth-order valence-corrected chi connectivity index (χ4v) is 4.11. The lowest BCUT2D eigenvalue weighted by atomic mass is 10.1. The van der Waals surface area contributed by atoms with Crippen LogP contribution < -0.4 is 9.47 Å². The SMILES string of the molecule is CCOc1cc(/C=C2/SC(=O)N(Cc3c(Cl)cccc3Cl)C2=O)ccc1OC(C)=O. The molecule has 156 valence electrons. The molecular weight excluding hydrogens is 449 g/mol. The summed E-state index contributed by atoms with van der Waals surface area (Å²) in [5.74, 6) is -0.266. The van der Waals surface area contributed by atoms with E-state index >= 15 is 0 Å². The van der Waals surface area contributed by atoms with E-state index in [0.717, 1.165) is 16.7 Å². The summed E-state index contributed by atoms with van der Waals surface area (Å²) in [6.07, 6.45) is 1.58. The zero-order chi connectivity index (χ0) is 21.8. The number of rotatable bonds is 6. The van der Waals surface area contributed by atoms with Crippen LogP contribution in [0.5, 0.6) is 11.5 Å². The van der Waals surface area contributed by atoms with Crippen molar-refractivity contribution < 1.29 is 23.9 Å². The van der Waals surface area contributed by atoms with Crippen molar-refractivity contribution in [2.24, 2.45) is 0 Å². The first-order chi connectivity index (χ1) is 14.3. The molecule has 1 heterocycles. The van der Waals surface area contributed by atoms with Crippen molar-refractivity contribution in [1.29, 1.82) is 0 Å². The molecule has 30 heavy (non-hydrogen) atoms. The van der Waals surface area contributed by atoms with Gasteiger partial charge in [-0.1, -0.05) is 35.3 Å². The second kappa shape index (κ2) is 9.55. The van der Waals surface area contributed by atoms with Crippen LogP contribution in [0.25, 0.3) is 6.08 Å². The quantitative estimate of drug-likeness (QED) is 0.316. The van der Waals surface area contributed by atoms with E-state index in [9.17, 15) is 14.4 Å². The van der Waals surface area contributed by atoms with Crippen molar-refractivity contribution in [1.82, 2.24) is 4.90 Å². The van der Waals surface area contributed by atoms with Gasteiger partial charge in [0, 0.05) is 22.5 Å². The smallest absolute Gasteiger partial charge is 0.308 e. The molecule has 6 nitrogen and oxygen atoms in total. The number of hydrogen-bond donors (Lipinski definition) is 0. The summed E-state index contributed by atoms with van der Waals surface area (Å²) in [5, 5.41) is 0.352. The van der Waals surface area contributed by atoms with Crippen LogP contribution in [-0.4, -0.2) is 28.6 Å². The van der Waals surface area contributed by atoms with Gasteiger partial charge in [-0.3, -0.25) is 19.3 Å². The van der Waals surface area contributed by atoms with E-state index in [1.165, 1.54) is 6.92 Å². The number of amides is 2. The molecule has 3 rings (SSSR count). The van der Waals surface area contributed by atoms with Gasteiger partial charge in [0.2, 0.25) is 0 Å². The Kier molecular flexibility index (Phi) is 7.07. The maximum Gasteiger partial charge on any atom is 0.308 e. The second-order valence-corrected chi connectivity index (χ2v) is 8.01. The predicted molar refractivity (Wildman–Crippen MR) is 117 cm³/mol. The number of carbonyl (C=O) groups excluding carboxylic acids is 3. The summed E-state index contributed by atoms with van der Waals surface area (Å²) in [7, 11) is 0. The Morgan fingerprint density at radius 1 is 1.13 bits per heavy atom. The third-order valence-corrected chi connectivity index (χ3v) is 5.69. The van der Waals surface area contributed by atoms with Crippen LogP contribution in [0.15, 0.2) is 41.3 Å². The molecule has 0 aliphatic carbocycles. The van der Waals surface area contributed by atoms with Crippen molar-refractivity contribution in [3.63, 3.8) is 0 Å². The fourth-order valence-electron chi connectivity index (χ4n) is 2.75. The monoisotopic (exact) mass is 465 g/mol. The Balaban J connectivity index is 1.86. The molecule has 0 radical (unpaired) electrons. The first-order valence-electron chi connectivity index (χ1n) is 8.93. The van der Waals surface area contributed by atoms with Gasteiger partial charge in [0.15, 0.2) is 11.5 Å². The van der Waals surface area contributed by atoms with E-state index in [-0.39, 0.29) is 17.2 Å². The lowest BCUT2D eigenvalue weighted by Crippen LogP contribution is -2.27. The first-order valence-corrected chi connectivity index (χ1v) is 10.5. The number of halogens is 2. The topological polar surface area (TPSA) is 72.9 Å². The van der Waals surface area contributed by atoms with Crippen molar-refractivity contribution in [3.05, 3.63) is 62.5 Å². The van der Waals surface area contributed by atoms with Crippen LogP contribution in [0, 0.1) is 0 Å². The number of ether oxygens (including phenoxy) is 2. The average molecular weight is 466 g/mol. The van der Waals surface area contributed by atoms with E-state index < -0.39 is 17.1 Å². The third kappa shape index (κ3) is 4.98. The van der Waals surface area contributed by atoms with E-state index in [1.54, 1.807) is 49.4 Å². The van der Waals surface area contributed by atoms with Crippen LogP contribution in [0.3, 0.4) is 0 Å². The van der Waals surface area contributed by atoms with E-state index in [1.807, 2.05) is 0 Å². The zero-order valence-corrected chi connectivity index (χ0v) is 18.4. The van der Waals surface area contributed by atoms with Crippen molar-refractivity contribution >= 4 is 58.2 Å². The summed E-state index contributed by atoms with van der Waals surface area (Å²) >= 11 is 13.2. The Bertz CT molecular complexity index is 1030. The number of hydrogen-bond acceptors (Lipinski definition) is 6. The van der Waals surface area contributed by atoms with Crippen LogP contribution in [0.4, 0.5) is 4.79 Å². The van der Waals surface area contributed by atoms with Gasteiger partial charge in [-0.15, -0.1) is 0 Å². The van der Waals surface area contributed by atoms with Gasteiger partial charge in [-0.25, -0.2) is 0 Å². The summed E-state index contributed by atoms with van der Waals surface area (Å²) in [4.78, 5) is 37.8. The minimum Gasteiger partial charge on any atom is -0.490 e. The maximum atomic E-state index is 12.8. The normalized spacial score (nSPS) is 15.1. The molecule has 9 heteroatoms. The van der Waals surface area contributed by atoms with E-state index in [4.69, 9.17) is 32.7 Å². The second-order valence-electron chi connectivity index (χ2n) is 6.20. The minimum atomic E-state index is -0.469. The minimum absolute atomic E-state index is 0.0178. The average Bonchev–Trinajstić information content (AvgIpc) is 2.93. The molecule has 0 spiro atoms. The Hall–Kier alpha value is -2.48. The molecule has 2 amide bonds. The Morgan fingerprint density at radius 2 is 1.83 bits per heavy atom. The summed E-state index contributed by atoms with van der Waals surface area (Å²) in [5.41, 5.74) is 1.13. The van der Waals surface area contributed by atoms with E-state index in [0.29, 0.717) is 33.5 Å². The molecule has 1 fully saturated rings. The van der Waals surface area contributed by atoms with E-state index in [2.05, 4.69) is 0 Å². The predicted octanol–water partition coefficient (Wildman–Crippen LogP) is 5.55. The van der Waals surface area contributed by atoms with Crippen molar-refractivity contribution in [2.75, 3.05) is 6.61 Å². The summed E-state index contributed by atoms with van der Waals surface area (Å²) in [6.45, 7) is 3.45. The lowest BCUT2D eigenvalue weighted by Gasteiger charge is -2.14. The van der Waals surface area contributed by atoms with Crippen LogP contribution in [0.1, 0.15) is 25.0 Å². The molecule has 2 aromatic carbocycles. The highest BCUT2D eigenvalue weighted by atomic mass is 35.5. The van der Waals surface area contributed by atoms with Gasteiger partial charge in [0.25, 0.3) is 11.1 Å². The number of esters is 1. The standard InChI is InChI=1S/C21H17Cl2NO5S/c1-3-28-18-9-13(7-8-17(18)29-12(2)25)10-19-20(26)24(21(27)30-19)11-14-15(22)5-4-6-16(14)23/h4-10H,3,11H2,1-2H3/b19-10+. The summed E-state index contributed by atoms with van der Waals surface area (Å²) in [6, 6.07) is 9.87. The molecule has 2 aromatic rings. The molecule has 1 saturated heterocycles. The highest BCUT2D eigenvalue weighted by Gasteiger charge is 2.35. The number of benzene rings is 2. The first kappa shape index (κ1) is 22.2. The third-order valence-electron chi connectivity index (χ3n) is 4.07. The molecule has 0 bridgehead atoms. The Morgan fingerprint density at radius 3 is 2.47 bits per heavy atom. The Labute approximate surface area is 187 Å². The largest absolute Gasteiger partial charge is 0.490 e. The number of imide groups is 1. The van der Waals surface area contributed by atoms with Gasteiger partial charge in [0.05, 0.1) is 18.1 Å². The molecule has 0 unspecified atom stereocenters. The molecule has 0 aromatic heterocycles. The maximum absolute atomic E-state index is 12.8. The van der Waals surface area contributed by atoms with Crippen LogP contribution >= 0.6 is 35.0 Å². The van der Waals surface area contributed by atoms with Gasteiger partial charge in [0.1, 0.15) is 0 Å². The molecule has 1 aliphatic rings. The van der Waals surface area contributed by atoms with Crippen LogP contribution in [-0.2, 0) is 16.1 Å². The van der Waals surface area contributed by atoms with Gasteiger partial charge in [-0.2, -0.15) is 0 Å². The highest BCUT2D eigenvalue weighted by Crippen LogP contribution is 2.37. The highest BCUT2D eigenvalue weighted by molar-refractivity contribution is 8.18. The molecule has 0 saturated carbocycles. The molecule has 0 atom stereocenters. The van der Waals surface area contributed by atoms with Gasteiger partial charge < -0.3 is 9.47 Å². The van der Waals surface area contributed by atoms with Crippen molar-refractivity contribution in [2.45, 2.75) is 20.4 Å². The van der Waals surface area contributed by atoms with Gasteiger partial charge in [-0.05, 0) is 54.6 Å². The summed E-state index contributed by atoms with van der Waals surface area (Å²) < 4.78 is 10.6.